The highest BCUT2D eigenvalue weighted by Crippen LogP contribution is 2.04. The Balaban J connectivity index is 2.32. The molecule has 3 heteroatoms. The van der Waals surface area contributed by atoms with Crippen LogP contribution in [0.3, 0.4) is 0 Å². The van der Waals surface area contributed by atoms with Gasteiger partial charge in [-0.15, -0.1) is 0 Å². The molecule has 0 unspecified atom stereocenters. The summed E-state index contributed by atoms with van der Waals surface area (Å²) in [5, 5.41) is 8.66. The predicted molar refractivity (Wildman–Crippen MR) is 57.1 cm³/mol. The van der Waals surface area contributed by atoms with Gasteiger partial charge in [0, 0.05) is 0 Å². The number of aliphatic hydroxyl groups is 1. The van der Waals surface area contributed by atoms with Crippen molar-refractivity contribution < 1.29 is 14.6 Å². The normalized spacial score (nSPS) is 9.67. The van der Waals surface area contributed by atoms with Crippen LogP contribution in [0.15, 0.2) is 42.5 Å². The molecule has 0 radical (unpaired) electrons. The Morgan fingerprint density at radius 2 is 2.00 bits per heavy atom. The molecular formula is C12H14O3. The van der Waals surface area contributed by atoms with Gasteiger partial charge in [0.15, 0.2) is 0 Å². The lowest BCUT2D eigenvalue weighted by atomic mass is 10.2. The second kappa shape index (κ2) is 5.98. The Morgan fingerprint density at radius 1 is 1.33 bits per heavy atom. The Labute approximate surface area is 89.0 Å². The van der Waals surface area contributed by atoms with Crippen LogP contribution in [0.1, 0.15) is 12.0 Å². The number of aliphatic hydroxyl groups excluding tert-OH is 1. The monoisotopic (exact) mass is 206 g/mol. The van der Waals surface area contributed by atoms with Crippen LogP contribution in [0.2, 0.25) is 0 Å². The van der Waals surface area contributed by atoms with Gasteiger partial charge in [0.05, 0.1) is 13.0 Å². The molecule has 1 aromatic carbocycles. The van der Waals surface area contributed by atoms with Gasteiger partial charge in [0.2, 0.25) is 0 Å². The third-order valence-electron chi connectivity index (χ3n) is 1.86. The summed E-state index contributed by atoms with van der Waals surface area (Å²) in [5.41, 5.74) is 1.41. The van der Waals surface area contributed by atoms with Crippen LogP contribution in [0, 0.1) is 0 Å². The molecule has 15 heavy (non-hydrogen) atoms. The van der Waals surface area contributed by atoms with E-state index in [-0.39, 0.29) is 25.6 Å². The fraction of sp³-hybridized carbons (Fsp3) is 0.250. The van der Waals surface area contributed by atoms with E-state index in [0.29, 0.717) is 5.57 Å². The van der Waals surface area contributed by atoms with Crippen LogP contribution >= 0.6 is 0 Å². The molecule has 0 aliphatic heterocycles. The number of ether oxygens (including phenoxy) is 1. The third kappa shape index (κ3) is 4.42. The summed E-state index contributed by atoms with van der Waals surface area (Å²) in [5.74, 6) is -0.363. The minimum atomic E-state index is -0.363. The Kier molecular flexibility index (Phi) is 4.57. The Bertz CT molecular complexity index is 330. The first kappa shape index (κ1) is 11.5. The third-order valence-corrected chi connectivity index (χ3v) is 1.86. The van der Waals surface area contributed by atoms with Crippen molar-refractivity contribution in [1.82, 2.24) is 0 Å². The highest BCUT2D eigenvalue weighted by atomic mass is 16.5. The van der Waals surface area contributed by atoms with Gasteiger partial charge < -0.3 is 9.84 Å². The van der Waals surface area contributed by atoms with Gasteiger partial charge in [0.25, 0.3) is 0 Å². The van der Waals surface area contributed by atoms with E-state index in [2.05, 4.69) is 6.58 Å². The maximum atomic E-state index is 11.2. The zero-order valence-electron chi connectivity index (χ0n) is 8.48. The topological polar surface area (TPSA) is 46.5 Å². The maximum absolute atomic E-state index is 11.2. The fourth-order valence-corrected chi connectivity index (χ4v) is 1.05. The summed E-state index contributed by atoms with van der Waals surface area (Å²) in [6.07, 6.45) is 0.0728. The molecule has 0 aliphatic rings. The van der Waals surface area contributed by atoms with E-state index in [1.54, 1.807) is 0 Å². The van der Waals surface area contributed by atoms with Crippen LogP contribution in [-0.4, -0.2) is 17.7 Å². The molecule has 0 amide bonds. The average Bonchev–Trinajstić information content (AvgIpc) is 2.27. The first-order valence-corrected chi connectivity index (χ1v) is 4.69. The molecule has 0 saturated carbocycles. The molecule has 0 atom stereocenters. The summed E-state index contributed by atoms with van der Waals surface area (Å²) >= 11 is 0. The molecule has 1 rings (SSSR count). The molecule has 0 fully saturated rings. The van der Waals surface area contributed by atoms with E-state index in [4.69, 9.17) is 9.84 Å². The molecule has 0 heterocycles. The first-order valence-electron chi connectivity index (χ1n) is 4.69. The molecular weight excluding hydrogens is 192 g/mol. The van der Waals surface area contributed by atoms with Gasteiger partial charge in [-0.2, -0.15) is 0 Å². The van der Waals surface area contributed by atoms with Crippen molar-refractivity contribution in [1.29, 1.82) is 0 Å². The quantitative estimate of drug-likeness (QED) is 0.588. The van der Waals surface area contributed by atoms with Crippen molar-refractivity contribution in [2.45, 2.75) is 13.0 Å². The van der Waals surface area contributed by atoms with Crippen LogP contribution in [-0.2, 0) is 16.1 Å². The number of carbonyl (C=O) groups excluding carboxylic acids is 1. The molecule has 0 aliphatic carbocycles. The van der Waals surface area contributed by atoms with Gasteiger partial charge in [0.1, 0.15) is 6.61 Å². The van der Waals surface area contributed by atoms with Crippen LogP contribution in [0.25, 0.3) is 0 Å². The van der Waals surface area contributed by atoms with Crippen molar-refractivity contribution in [2.24, 2.45) is 0 Å². The second-order valence-electron chi connectivity index (χ2n) is 3.23. The second-order valence-corrected chi connectivity index (χ2v) is 3.23. The molecule has 0 bridgehead atoms. The van der Waals surface area contributed by atoms with Gasteiger partial charge in [-0.05, 0) is 11.1 Å². The van der Waals surface area contributed by atoms with Crippen molar-refractivity contribution in [3.8, 4) is 0 Å². The molecule has 1 N–H and O–H groups in total. The number of carbonyl (C=O) groups is 1. The van der Waals surface area contributed by atoms with Crippen LogP contribution in [0.5, 0.6) is 0 Å². The van der Waals surface area contributed by atoms with E-state index < -0.39 is 0 Å². The van der Waals surface area contributed by atoms with Crippen molar-refractivity contribution in [2.75, 3.05) is 6.61 Å². The Morgan fingerprint density at radius 3 is 2.60 bits per heavy atom. The average molecular weight is 206 g/mol. The molecule has 80 valence electrons. The van der Waals surface area contributed by atoms with Gasteiger partial charge in [-0.3, -0.25) is 4.79 Å². The van der Waals surface area contributed by atoms with E-state index >= 15 is 0 Å². The Hall–Kier alpha value is -1.61. The van der Waals surface area contributed by atoms with E-state index in [9.17, 15) is 4.79 Å². The summed E-state index contributed by atoms with van der Waals surface area (Å²) in [6, 6.07) is 9.44. The van der Waals surface area contributed by atoms with Crippen molar-refractivity contribution in [3.05, 3.63) is 48.0 Å². The van der Waals surface area contributed by atoms with Gasteiger partial charge >= 0.3 is 5.97 Å². The molecule has 1 aromatic rings. The van der Waals surface area contributed by atoms with Crippen LogP contribution < -0.4 is 0 Å². The summed E-state index contributed by atoms with van der Waals surface area (Å²) in [6.45, 7) is 3.60. The summed E-state index contributed by atoms with van der Waals surface area (Å²) < 4.78 is 4.99. The fourth-order valence-electron chi connectivity index (χ4n) is 1.05. The minimum absolute atomic E-state index is 0.0728. The zero-order valence-corrected chi connectivity index (χ0v) is 8.48. The highest BCUT2D eigenvalue weighted by Gasteiger charge is 2.04. The van der Waals surface area contributed by atoms with Crippen molar-refractivity contribution >= 4 is 5.97 Å². The summed E-state index contributed by atoms with van der Waals surface area (Å²) in [4.78, 5) is 11.2. The van der Waals surface area contributed by atoms with Crippen molar-refractivity contribution in [3.63, 3.8) is 0 Å². The standard InChI is InChI=1S/C12H14O3/c1-10(8-13)7-12(14)15-9-11-5-3-2-4-6-11/h2-6,13H,1,7-9H2. The van der Waals surface area contributed by atoms with E-state index in [1.165, 1.54) is 0 Å². The lowest BCUT2D eigenvalue weighted by Gasteiger charge is -2.05. The summed E-state index contributed by atoms with van der Waals surface area (Å²) in [7, 11) is 0. The zero-order chi connectivity index (χ0) is 11.1. The molecule has 0 aromatic heterocycles. The van der Waals surface area contributed by atoms with Gasteiger partial charge in [-0.25, -0.2) is 0 Å². The predicted octanol–water partition coefficient (Wildman–Crippen LogP) is 1.67. The largest absolute Gasteiger partial charge is 0.461 e. The molecule has 0 spiro atoms. The number of hydrogen-bond acceptors (Lipinski definition) is 3. The van der Waals surface area contributed by atoms with E-state index in [1.807, 2.05) is 30.3 Å². The number of esters is 1. The number of benzene rings is 1. The van der Waals surface area contributed by atoms with E-state index in [0.717, 1.165) is 5.56 Å². The minimum Gasteiger partial charge on any atom is -0.461 e. The van der Waals surface area contributed by atoms with Crippen LogP contribution in [0.4, 0.5) is 0 Å². The number of hydrogen-bond donors (Lipinski definition) is 1. The lowest BCUT2D eigenvalue weighted by molar-refractivity contribution is -0.144. The SMILES string of the molecule is C=C(CO)CC(=O)OCc1ccccc1. The smallest absolute Gasteiger partial charge is 0.310 e. The molecule has 3 nitrogen and oxygen atoms in total. The molecule has 0 saturated heterocycles. The maximum Gasteiger partial charge on any atom is 0.310 e. The first-order chi connectivity index (χ1) is 7.22. The highest BCUT2D eigenvalue weighted by molar-refractivity contribution is 5.72. The van der Waals surface area contributed by atoms with Gasteiger partial charge in [-0.1, -0.05) is 36.9 Å². The lowest BCUT2D eigenvalue weighted by Crippen LogP contribution is -2.06. The number of rotatable bonds is 5.